The van der Waals surface area contributed by atoms with Gasteiger partial charge in [-0.1, -0.05) is 36.4 Å². The summed E-state index contributed by atoms with van der Waals surface area (Å²) < 4.78 is 38.8. The van der Waals surface area contributed by atoms with Gasteiger partial charge < -0.3 is 9.47 Å². The number of benzene rings is 2. The highest BCUT2D eigenvalue weighted by atomic mass is 19.4. The molecule has 0 aliphatic rings. The first-order valence-electron chi connectivity index (χ1n) is 5.70. The average molecular weight is 284 g/mol. The first-order chi connectivity index (χ1) is 9.60. The first-order valence-corrected chi connectivity index (χ1v) is 5.70. The Kier molecular flexibility index (Phi) is 10.7. The van der Waals surface area contributed by atoms with E-state index in [1.165, 1.54) is 0 Å². The van der Waals surface area contributed by atoms with Crippen molar-refractivity contribution in [3.8, 4) is 11.5 Å². The van der Waals surface area contributed by atoms with Gasteiger partial charge in [-0.2, -0.15) is 0 Å². The van der Waals surface area contributed by atoms with Crippen molar-refractivity contribution >= 4 is 7.54 Å². The van der Waals surface area contributed by atoms with Crippen LogP contribution in [0.2, 0.25) is 0 Å². The molecule has 0 spiro atoms. The van der Waals surface area contributed by atoms with Gasteiger partial charge in [0.05, 0.1) is 14.2 Å². The summed E-state index contributed by atoms with van der Waals surface area (Å²) in [6, 6.07) is 19.4. The Morgan fingerprint density at radius 1 is 0.650 bits per heavy atom. The average Bonchev–Trinajstić information content (AvgIpc) is 2.49. The molecule has 2 aromatic carbocycles. The first kappa shape index (κ1) is 17.9. The highest BCUT2D eigenvalue weighted by molar-refractivity contribution is 6.33. The molecule has 108 valence electrons. The van der Waals surface area contributed by atoms with Gasteiger partial charge in [0.15, 0.2) is 0 Å². The summed E-state index contributed by atoms with van der Waals surface area (Å²) in [6.07, 6.45) is 0. The smallest absolute Gasteiger partial charge is 0.497 e. The van der Waals surface area contributed by atoms with Gasteiger partial charge >= 0.3 is 7.54 Å². The van der Waals surface area contributed by atoms with E-state index in [9.17, 15) is 12.9 Å². The summed E-state index contributed by atoms with van der Waals surface area (Å²) >= 11 is 0. The van der Waals surface area contributed by atoms with Crippen LogP contribution in [0.1, 0.15) is 0 Å². The molecule has 0 bridgehead atoms. The Bertz CT molecular complexity index is 385. The van der Waals surface area contributed by atoms with Crippen molar-refractivity contribution < 1.29 is 22.4 Å². The predicted octanol–water partition coefficient (Wildman–Crippen LogP) is 4.27. The van der Waals surface area contributed by atoms with Crippen LogP contribution in [0.3, 0.4) is 0 Å². The van der Waals surface area contributed by atoms with E-state index in [4.69, 9.17) is 9.47 Å². The summed E-state index contributed by atoms with van der Waals surface area (Å²) in [4.78, 5) is 0. The standard InChI is InChI=1S/2C7H8O.BF3/c2*1-8-7-5-3-2-4-6-7;2-1(3)4/h2*2-6H,1H3;. The third kappa shape index (κ3) is 11.0. The Labute approximate surface area is 117 Å². The van der Waals surface area contributed by atoms with Crippen LogP contribution in [0.5, 0.6) is 11.5 Å². The highest BCUT2D eigenvalue weighted by Gasteiger charge is 2.06. The zero-order chi connectivity index (χ0) is 15.2. The molecule has 0 saturated heterocycles. The molecule has 0 amide bonds. The summed E-state index contributed by atoms with van der Waals surface area (Å²) in [5.41, 5.74) is 0. The summed E-state index contributed by atoms with van der Waals surface area (Å²) in [6.45, 7) is 0. The third-order valence-electron chi connectivity index (χ3n) is 1.96. The van der Waals surface area contributed by atoms with Crippen LogP contribution in [0.25, 0.3) is 0 Å². The second-order valence-corrected chi connectivity index (χ2v) is 3.28. The van der Waals surface area contributed by atoms with Gasteiger partial charge in [-0.15, -0.1) is 0 Å². The van der Waals surface area contributed by atoms with Gasteiger partial charge in [-0.3, -0.25) is 12.9 Å². The number of rotatable bonds is 2. The number of para-hydroxylation sites is 2. The predicted molar refractivity (Wildman–Crippen MR) is 75.1 cm³/mol. The number of methoxy groups -OCH3 is 2. The minimum absolute atomic E-state index is 0.910. The lowest BCUT2D eigenvalue weighted by molar-refractivity contribution is 0.414. The SMILES string of the molecule is COc1ccccc1.COc1ccccc1.FB(F)F. The van der Waals surface area contributed by atoms with E-state index in [-0.39, 0.29) is 0 Å². The fraction of sp³-hybridized carbons (Fsp3) is 0.143. The van der Waals surface area contributed by atoms with Gasteiger partial charge in [0.25, 0.3) is 0 Å². The Morgan fingerprint density at radius 2 is 0.900 bits per heavy atom. The van der Waals surface area contributed by atoms with Crippen molar-refractivity contribution in [3.05, 3.63) is 60.7 Å². The lowest BCUT2D eigenvalue weighted by atomic mass is 10.3. The van der Waals surface area contributed by atoms with Crippen molar-refractivity contribution in [2.24, 2.45) is 0 Å². The highest BCUT2D eigenvalue weighted by Crippen LogP contribution is 2.06. The van der Waals surface area contributed by atoms with E-state index in [0.717, 1.165) is 11.5 Å². The van der Waals surface area contributed by atoms with Gasteiger partial charge in [0, 0.05) is 0 Å². The molecule has 0 radical (unpaired) electrons. The second kappa shape index (κ2) is 12.0. The zero-order valence-corrected chi connectivity index (χ0v) is 11.3. The molecule has 20 heavy (non-hydrogen) atoms. The molecule has 0 aliphatic carbocycles. The number of hydrogen-bond donors (Lipinski definition) is 0. The van der Waals surface area contributed by atoms with E-state index >= 15 is 0 Å². The van der Waals surface area contributed by atoms with E-state index < -0.39 is 7.54 Å². The van der Waals surface area contributed by atoms with Crippen molar-refractivity contribution in [1.29, 1.82) is 0 Å². The second-order valence-electron chi connectivity index (χ2n) is 3.28. The monoisotopic (exact) mass is 284 g/mol. The van der Waals surface area contributed by atoms with Crippen molar-refractivity contribution in [2.75, 3.05) is 14.2 Å². The van der Waals surface area contributed by atoms with Crippen LogP contribution < -0.4 is 9.47 Å². The van der Waals surface area contributed by atoms with Gasteiger partial charge in [-0.05, 0) is 24.3 Å². The van der Waals surface area contributed by atoms with Gasteiger partial charge in [0.1, 0.15) is 11.5 Å². The minimum atomic E-state index is -3.67. The molecular weight excluding hydrogens is 268 g/mol. The van der Waals surface area contributed by atoms with Crippen LogP contribution in [0.4, 0.5) is 12.9 Å². The fourth-order valence-corrected chi connectivity index (χ4v) is 1.11. The molecule has 0 unspecified atom stereocenters. The molecule has 0 saturated carbocycles. The van der Waals surface area contributed by atoms with Crippen LogP contribution in [-0.4, -0.2) is 21.8 Å². The lowest BCUT2D eigenvalue weighted by Crippen LogP contribution is -1.78. The number of hydrogen-bond acceptors (Lipinski definition) is 2. The summed E-state index contributed by atoms with van der Waals surface area (Å²) in [5, 5.41) is 0. The Hall–Kier alpha value is -2.11. The quantitative estimate of drug-likeness (QED) is 0.767. The maximum absolute atomic E-state index is 9.67. The largest absolute Gasteiger partial charge is 0.762 e. The Balaban J connectivity index is 0.000000289. The molecule has 0 aromatic heterocycles. The van der Waals surface area contributed by atoms with E-state index in [1.54, 1.807) is 14.2 Å². The van der Waals surface area contributed by atoms with Crippen LogP contribution in [0.15, 0.2) is 60.7 Å². The van der Waals surface area contributed by atoms with Crippen LogP contribution >= 0.6 is 0 Å². The lowest BCUT2D eigenvalue weighted by Gasteiger charge is -1.93. The summed E-state index contributed by atoms with van der Waals surface area (Å²) in [5.74, 6) is 1.82. The van der Waals surface area contributed by atoms with Gasteiger partial charge in [0.2, 0.25) is 0 Å². The molecule has 0 heterocycles. The fourth-order valence-electron chi connectivity index (χ4n) is 1.11. The van der Waals surface area contributed by atoms with E-state index in [2.05, 4.69) is 0 Å². The molecule has 2 aromatic rings. The molecule has 2 rings (SSSR count). The number of ether oxygens (including phenoxy) is 2. The molecule has 2 nitrogen and oxygen atoms in total. The van der Waals surface area contributed by atoms with Gasteiger partial charge in [-0.25, -0.2) is 0 Å². The van der Waals surface area contributed by atoms with E-state index in [1.807, 2.05) is 60.7 Å². The molecule has 6 heteroatoms. The van der Waals surface area contributed by atoms with Crippen molar-refractivity contribution in [2.45, 2.75) is 0 Å². The Morgan fingerprint density at radius 3 is 1.05 bits per heavy atom. The maximum Gasteiger partial charge on any atom is 0.762 e. The molecule has 0 fully saturated rings. The molecule has 0 atom stereocenters. The molecule has 0 aliphatic heterocycles. The zero-order valence-electron chi connectivity index (χ0n) is 11.3. The summed E-state index contributed by atoms with van der Waals surface area (Å²) in [7, 11) is -0.343. The minimum Gasteiger partial charge on any atom is -0.497 e. The van der Waals surface area contributed by atoms with Crippen LogP contribution in [0, 0.1) is 0 Å². The third-order valence-corrected chi connectivity index (χ3v) is 1.96. The van der Waals surface area contributed by atoms with Crippen LogP contribution in [-0.2, 0) is 0 Å². The molecule has 0 N–H and O–H groups in total. The normalized spacial score (nSPS) is 8.25. The number of halogens is 3. The van der Waals surface area contributed by atoms with Crippen molar-refractivity contribution in [1.82, 2.24) is 0 Å². The van der Waals surface area contributed by atoms with E-state index in [0.29, 0.717) is 0 Å². The van der Waals surface area contributed by atoms with Crippen molar-refractivity contribution in [3.63, 3.8) is 0 Å². The maximum atomic E-state index is 9.67. The molecular formula is C14H16BF3O2. The topological polar surface area (TPSA) is 18.5 Å².